The molecule has 0 aliphatic heterocycles. The molecule has 0 amide bonds. The Kier molecular flexibility index (Phi) is 5.86. The van der Waals surface area contributed by atoms with Crippen LogP contribution >= 0.6 is 7.52 Å². The van der Waals surface area contributed by atoms with Crippen LogP contribution in [-0.2, 0) is 4.57 Å². The Morgan fingerprint density at radius 1 is 1.31 bits per heavy atom. The summed E-state index contributed by atoms with van der Waals surface area (Å²) in [4.78, 5) is 9.40. The van der Waals surface area contributed by atoms with Gasteiger partial charge in [-0.25, -0.2) is 5.09 Å². The fourth-order valence-electron chi connectivity index (χ4n) is 0.932. The molecule has 0 radical (unpaired) electrons. The molecule has 0 heterocycles. The van der Waals surface area contributed by atoms with Crippen molar-refractivity contribution in [3.8, 4) is 0 Å². The number of nitrogens with one attached hydrogen (secondary N) is 1. The molecule has 0 fully saturated rings. The molecule has 0 aliphatic carbocycles. The van der Waals surface area contributed by atoms with Gasteiger partial charge in [0.1, 0.15) is 0 Å². The Morgan fingerprint density at radius 3 is 2.23 bits per heavy atom. The van der Waals surface area contributed by atoms with Crippen molar-refractivity contribution in [1.29, 1.82) is 0 Å². The normalized spacial score (nSPS) is 16.5. The number of hydrogen-bond donors (Lipinski definition) is 2. The highest BCUT2D eigenvalue weighted by molar-refractivity contribution is 7.56. The van der Waals surface area contributed by atoms with Gasteiger partial charge in [0.25, 0.3) is 7.52 Å². The van der Waals surface area contributed by atoms with Crippen LogP contribution in [0.5, 0.6) is 0 Å². The Hall–Kier alpha value is 0.150. The first kappa shape index (κ1) is 13.2. The predicted octanol–water partition coefficient (Wildman–Crippen LogP) is 2.61. The van der Waals surface area contributed by atoms with E-state index in [1.807, 2.05) is 0 Å². The maximum absolute atomic E-state index is 11.4. The topological polar surface area (TPSA) is 49.3 Å². The van der Waals surface area contributed by atoms with Gasteiger partial charge in [0.2, 0.25) is 0 Å². The average molecular weight is 207 g/mol. The van der Waals surface area contributed by atoms with E-state index in [9.17, 15) is 9.46 Å². The molecule has 80 valence electrons. The third-order valence-corrected chi connectivity index (χ3v) is 4.07. The predicted molar refractivity (Wildman–Crippen MR) is 57.0 cm³/mol. The van der Waals surface area contributed by atoms with E-state index in [0.717, 1.165) is 12.8 Å². The molecule has 0 rings (SSSR count). The van der Waals surface area contributed by atoms with E-state index in [4.69, 9.17) is 0 Å². The summed E-state index contributed by atoms with van der Waals surface area (Å²) in [5.74, 6) is 0.666. The van der Waals surface area contributed by atoms with Crippen LogP contribution in [0.25, 0.3) is 0 Å². The summed E-state index contributed by atoms with van der Waals surface area (Å²) >= 11 is 0. The largest absolute Gasteiger partial charge is 0.333 e. The third kappa shape index (κ3) is 6.25. The van der Waals surface area contributed by atoms with Gasteiger partial charge in [0.05, 0.1) is 0 Å². The van der Waals surface area contributed by atoms with Crippen LogP contribution in [-0.4, -0.2) is 17.1 Å². The summed E-state index contributed by atoms with van der Waals surface area (Å²) in [6, 6.07) is 0. The number of hydrogen-bond acceptors (Lipinski definition) is 1. The third-order valence-electron chi connectivity index (χ3n) is 2.00. The van der Waals surface area contributed by atoms with Crippen LogP contribution in [0.2, 0.25) is 0 Å². The molecule has 3 nitrogen and oxygen atoms in total. The van der Waals surface area contributed by atoms with Crippen molar-refractivity contribution in [1.82, 2.24) is 5.09 Å². The first-order chi connectivity index (χ1) is 5.86. The molecular weight excluding hydrogens is 185 g/mol. The lowest BCUT2D eigenvalue weighted by atomic mass is 10.1. The highest BCUT2D eigenvalue weighted by Gasteiger charge is 2.21. The zero-order valence-corrected chi connectivity index (χ0v) is 9.97. The molecule has 0 aliphatic rings. The minimum absolute atomic E-state index is 0.188. The molecule has 0 aromatic rings. The Morgan fingerprint density at radius 2 is 1.85 bits per heavy atom. The lowest BCUT2D eigenvalue weighted by Gasteiger charge is -2.16. The van der Waals surface area contributed by atoms with E-state index in [-0.39, 0.29) is 5.66 Å². The second kappa shape index (κ2) is 5.79. The van der Waals surface area contributed by atoms with Crippen LogP contribution in [0.15, 0.2) is 0 Å². The quantitative estimate of drug-likeness (QED) is 0.520. The molecule has 0 bridgehead atoms. The van der Waals surface area contributed by atoms with Crippen molar-refractivity contribution >= 4 is 7.52 Å². The van der Waals surface area contributed by atoms with Crippen molar-refractivity contribution in [2.75, 3.05) is 6.54 Å². The van der Waals surface area contributed by atoms with Crippen molar-refractivity contribution in [2.45, 2.75) is 46.2 Å². The zero-order valence-electron chi connectivity index (χ0n) is 9.08. The van der Waals surface area contributed by atoms with E-state index in [1.54, 1.807) is 13.8 Å². The fourth-order valence-corrected chi connectivity index (χ4v) is 1.78. The van der Waals surface area contributed by atoms with E-state index >= 15 is 0 Å². The molecule has 0 aromatic carbocycles. The Labute approximate surface area is 81.4 Å². The average Bonchev–Trinajstić information content (AvgIpc) is 1.97. The van der Waals surface area contributed by atoms with Gasteiger partial charge >= 0.3 is 0 Å². The lowest BCUT2D eigenvalue weighted by Crippen LogP contribution is -2.17. The number of rotatable bonds is 6. The zero-order chi connectivity index (χ0) is 10.5. The maximum Gasteiger partial charge on any atom is 0.269 e. The molecule has 4 heteroatoms. The van der Waals surface area contributed by atoms with E-state index in [1.165, 1.54) is 0 Å². The maximum atomic E-state index is 11.4. The first-order valence-electron chi connectivity index (χ1n) is 4.94. The second-order valence-electron chi connectivity index (χ2n) is 4.16. The van der Waals surface area contributed by atoms with Gasteiger partial charge in [-0.15, -0.1) is 0 Å². The molecule has 1 unspecified atom stereocenters. The van der Waals surface area contributed by atoms with Gasteiger partial charge < -0.3 is 4.89 Å². The summed E-state index contributed by atoms with van der Waals surface area (Å²) < 4.78 is 11.4. The monoisotopic (exact) mass is 207 g/mol. The molecule has 13 heavy (non-hydrogen) atoms. The van der Waals surface area contributed by atoms with Crippen LogP contribution in [0, 0.1) is 5.92 Å². The molecule has 0 saturated heterocycles. The Bertz CT molecular complexity index is 180. The second-order valence-corrected chi connectivity index (χ2v) is 6.76. The van der Waals surface area contributed by atoms with Gasteiger partial charge in [0, 0.05) is 12.2 Å². The van der Waals surface area contributed by atoms with E-state index in [0.29, 0.717) is 12.5 Å². The van der Waals surface area contributed by atoms with Gasteiger partial charge in [-0.2, -0.15) is 0 Å². The van der Waals surface area contributed by atoms with E-state index < -0.39 is 7.52 Å². The summed E-state index contributed by atoms with van der Waals surface area (Å²) in [6.07, 6.45) is 2.07. The minimum Gasteiger partial charge on any atom is -0.333 e. The van der Waals surface area contributed by atoms with Crippen LogP contribution in [0.3, 0.4) is 0 Å². The van der Waals surface area contributed by atoms with Crippen LogP contribution in [0.4, 0.5) is 0 Å². The minimum atomic E-state index is -3.07. The molecule has 1 atom stereocenters. The van der Waals surface area contributed by atoms with Crippen LogP contribution < -0.4 is 5.09 Å². The van der Waals surface area contributed by atoms with E-state index in [2.05, 4.69) is 18.9 Å². The fraction of sp³-hybridized carbons (Fsp3) is 1.00. The molecule has 2 N–H and O–H groups in total. The van der Waals surface area contributed by atoms with Crippen molar-refractivity contribution in [3.05, 3.63) is 0 Å². The summed E-state index contributed by atoms with van der Waals surface area (Å²) in [7, 11) is -3.07. The molecule has 0 aromatic heterocycles. The smallest absolute Gasteiger partial charge is 0.269 e. The highest BCUT2D eigenvalue weighted by atomic mass is 31.2. The first-order valence-corrected chi connectivity index (χ1v) is 6.66. The van der Waals surface area contributed by atoms with Crippen molar-refractivity contribution < 1.29 is 9.46 Å². The van der Waals surface area contributed by atoms with Gasteiger partial charge in [-0.3, -0.25) is 4.57 Å². The van der Waals surface area contributed by atoms with Gasteiger partial charge in [-0.05, 0) is 18.8 Å². The molecule has 0 spiro atoms. The summed E-state index contributed by atoms with van der Waals surface area (Å²) in [5, 5.41) is 2.72. The van der Waals surface area contributed by atoms with Crippen molar-refractivity contribution in [2.24, 2.45) is 5.92 Å². The lowest BCUT2D eigenvalue weighted by molar-refractivity contribution is 0.448. The Balaban J connectivity index is 3.59. The molecular formula is C9H22NO2P. The van der Waals surface area contributed by atoms with Gasteiger partial charge in [-0.1, -0.05) is 27.7 Å². The summed E-state index contributed by atoms with van der Waals surface area (Å²) in [5.41, 5.74) is -0.188. The highest BCUT2D eigenvalue weighted by Crippen LogP contribution is 2.40. The van der Waals surface area contributed by atoms with Crippen LogP contribution in [0.1, 0.15) is 40.5 Å². The standard InChI is InChI=1S/C9H22NO2P/c1-8(2)6-5-7-10-13(11,12)9(3)4/h8-9H,5-7H2,1-4H3,(H2,10,11,12). The summed E-state index contributed by atoms with van der Waals surface area (Å²) in [6.45, 7) is 8.47. The SMILES string of the molecule is CC(C)CCCNP(=O)(O)C(C)C. The van der Waals surface area contributed by atoms with Gasteiger partial charge in [0.15, 0.2) is 0 Å². The molecule has 0 saturated carbocycles. The van der Waals surface area contributed by atoms with Crippen molar-refractivity contribution in [3.63, 3.8) is 0 Å².